The van der Waals surface area contributed by atoms with Crippen LogP contribution in [0.1, 0.15) is 24.4 Å². The highest BCUT2D eigenvalue weighted by molar-refractivity contribution is 5.73. The lowest BCUT2D eigenvalue weighted by atomic mass is 10.0. The average molecular weight is 220 g/mol. The SMILES string of the molecule is CNC(c1ccc2nc(C)oc2c1)C(C)O. The van der Waals surface area contributed by atoms with Crippen molar-refractivity contribution in [3.63, 3.8) is 0 Å². The van der Waals surface area contributed by atoms with Crippen molar-refractivity contribution in [3.05, 3.63) is 29.7 Å². The van der Waals surface area contributed by atoms with Gasteiger partial charge >= 0.3 is 0 Å². The first kappa shape index (κ1) is 11.1. The quantitative estimate of drug-likeness (QED) is 0.827. The Morgan fingerprint density at radius 1 is 1.44 bits per heavy atom. The molecule has 1 heterocycles. The summed E-state index contributed by atoms with van der Waals surface area (Å²) in [5.74, 6) is 0.658. The minimum atomic E-state index is -0.452. The molecule has 0 aliphatic rings. The van der Waals surface area contributed by atoms with Gasteiger partial charge in [0.05, 0.1) is 12.1 Å². The third-order valence-corrected chi connectivity index (χ3v) is 2.67. The number of aliphatic hydroxyl groups excluding tert-OH is 1. The monoisotopic (exact) mass is 220 g/mol. The maximum Gasteiger partial charge on any atom is 0.192 e. The summed E-state index contributed by atoms with van der Waals surface area (Å²) < 4.78 is 5.46. The van der Waals surface area contributed by atoms with Gasteiger partial charge in [0.2, 0.25) is 0 Å². The molecule has 86 valence electrons. The van der Waals surface area contributed by atoms with Gasteiger partial charge in [-0.2, -0.15) is 0 Å². The molecule has 2 aromatic rings. The molecule has 0 aliphatic carbocycles. The Kier molecular flexibility index (Phi) is 2.94. The Labute approximate surface area is 94.3 Å². The van der Waals surface area contributed by atoms with Crippen molar-refractivity contribution >= 4 is 11.1 Å². The number of rotatable bonds is 3. The van der Waals surface area contributed by atoms with Crippen LogP contribution in [0.3, 0.4) is 0 Å². The summed E-state index contributed by atoms with van der Waals surface area (Å²) in [6.07, 6.45) is -0.452. The second kappa shape index (κ2) is 4.23. The van der Waals surface area contributed by atoms with Gasteiger partial charge in [-0.3, -0.25) is 0 Å². The standard InChI is InChI=1S/C12H16N2O2/c1-7(15)12(13-3)9-4-5-10-11(6-9)16-8(2)14-10/h4-7,12-13,15H,1-3H3. The first-order valence-electron chi connectivity index (χ1n) is 5.34. The lowest BCUT2D eigenvalue weighted by Crippen LogP contribution is -2.26. The second-order valence-corrected chi connectivity index (χ2v) is 3.97. The molecule has 2 rings (SSSR count). The Morgan fingerprint density at radius 2 is 2.19 bits per heavy atom. The van der Waals surface area contributed by atoms with Gasteiger partial charge in [-0.25, -0.2) is 4.98 Å². The minimum absolute atomic E-state index is 0.0881. The zero-order valence-electron chi connectivity index (χ0n) is 9.69. The van der Waals surface area contributed by atoms with E-state index < -0.39 is 6.10 Å². The van der Waals surface area contributed by atoms with Crippen LogP contribution in [-0.4, -0.2) is 23.2 Å². The highest BCUT2D eigenvalue weighted by atomic mass is 16.3. The number of aliphatic hydroxyl groups is 1. The largest absolute Gasteiger partial charge is 0.441 e. The van der Waals surface area contributed by atoms with Crippen LogP contribution in [0.25, 0.3) is 11.1 Å². The summed E-state index contributed by atoms with van der Waals surface area (Å²) in [6.45, 7) is 3.58. The molecule has 16 heavy (non-hydrogen) atoms. The van der Waals surface area contributed by atoms with Gasteiger partial charge in [0, 0.05) is 6.92 Å². The van der Waals surface area contributed by atoms with E-state index in [1.807, 2.05) is 32.2 Å². The van der Waals surface area contributed by atoms with Gasteiger partial charge in [0.25, 0.3) is 0 Å². The molecule has 0 radical (unpaired) electrons. The van der Waals surface area contributed by atoms with Crippen molar-refractivity contribution in [2.75, 3.05) is 7.05 Å². The normalized spacial score (nSPS) is 15.2. The highest BCUT2D eigenvalue weighted by Gasteiger charge is 2.16. The molecule has 4 nitrogen and oxygen atoms in total. The number of aromatic nitrogens is 1. The number of nitrogens with zero attached hydrogens (tertiary/aromatic N) is 1. The van der Waals surface area contributed by atoms with Crippen LogP contribution in [0.2, 0.25) is 0 Å². The van der Waals surface area contributed by atoms with E-state index in [4.69, 9.17) is 4.42 Å². The van der Waals surface area contributed by atoms with Crippen LogP contribution >= 0.6 is 0 Å². The number of hydrogen-bond acceptors (Lipinski definition) is 4. The van der Waals surface area contributed by atoms with Gasteiger partial charge < -0.3 is 14.8 Å². The van der Waals surface area contributed by atoms with Crippen molar-refractivity contribution < 1.29 is 9.52 Å². The highest BCUT2D eigenvalue weighted by Crippen LogP contribution is 2.22. The zero-order chi connectivity index (χ0) is 11.7. The molecule has 2 N–H and O–H groups in total. The summed E-state index contributed by atoms with van der Waals surface area (Å²) >= 11 is 0. The third kappa shape index (κ3) is 1.94. The molecule has 4 heteroatoms. The average Bonchev–Trinajstić information content (AvgIpc) is 2.57. The molecular weight excluding hydrogens is 204 g/mol. The van der Waals surface area contributed by atoms with Crippen molar-refractivity contribution in [1.29, 1.82) is 0 Å². The molecule has 0 aliphatic heterocycles. The van der Waals surface area contributed by atoms with Crippen molar-refractivity contribution in [1.82, 2.24) is 10.3 Å². The maximum absolute atomic E-state index is 9.63. The van der Waals surface area contributed by atoms with Crippen molar-refractivity contribution in [2.45, 2.75) is 26.0 Å². The van der Waals surface area contributed by atoms with Crippen molar-refractivity contribution in [3.8, 4) is 0 Å². The number of likely N-dealkylation sites (N-methyl/N-ethyl adjacent to an activating group) is 1. The van der Waals surface area contributed by atoms with Crippen LogP contribution in [-0.2, 0) is 0 Å². The predicted molar refractivity (Wildman–Crippen MR) is 62.2 cm³/mol. The first-order valence-corrected chi connectivity index (χ1v) is 5.34. The molecule has 0 saturated carbocycles. The number of oxazole rings is 1. The second-order valence-electron chi connectivity index (χ2n) is 3.97. The number of fused-ring (bicyclic) bond motifs is 1. The first-order chi connectivity index (χ1) is 7.61. The van der Waals surface area contributed by atoms with E-state index in [0.717, 1.165) is 16.7 Å². The summed E-state index contributed by atoms with van der Waals surface area (Å²) in [4.78, 5) is 4.23. The van der Waals surface area contributed by atoms with Gasteiger partial charge in [-0.15, -0.1) is 0 Å². The topological polar surface area (TPSA) is 58.3 Å². The summed E-state index contributed by atoms with van der Waals surface area (Å²) in [6, 6.07) is 5.70. The minimum Gasteiger partial charge on any atom is -0.441 e. The maximum atomic E-state index is 9.63. The van der Waals surface area contributed by atoms with Crippen LogP contribution in [0.5, 0.6) is 0 Å². The Bertz CT molecular complexity index is 491. The van der Waals surface area contributed by atoms with Gasteiger partial charge in [0.15, 0.2) is 11.5 Å². The molecule has 2 atom stereocenters. The molecular formula is C12H16N2O2. The van der Waals surface area contributed by atoms with E-state index in [0.29, 0.717) is 5.89 Å². The van der Waals surface area contributed by atoms with Crippen LogP contribution < -0.4 is 5.32 Å². The smallest absolute Gasteiger partial charge is 0.192 e. The van der Waals surface area contributed by atoms with Crippen LogP contribution in [0.15, 0.2) is 22.6 Å². The lowest BCUT2D eigenvalue weighted by Gasteiger charge is -2.19. The van der Waals surface area contributed by atoms with Gasteiger partial charge in [0.1, 0.15) is 5.52 Å². The van der Waals surface area contributed by atoms with Gasteiger partial charge in [-0.05, 0) is 31.7 Å². The fraction of sp³-hybridized carbons (Fsp3) is 0.417. The number of nitrogens with one attached hydrogen (secondary N) is 1. The summed E-state index contributed by atoms with van der Waals surface area (Å²) in [5.41, 5.74) is 2.61. The molecule has 1 aromatic carbocycles. The van der Waals surface area contributed by atoms with E-state index >= 15 is 0 Å². The molecule has 0 bridgehead atoms. The molecule has 0 saturated heterocycles. The van der Waals surface area contributed by atoms with Crippen LogP contribution in [0, 0.1) is 6.92 Å². The van der Waals surface area contributed by atoms with E-state index in [1.165, 1.54) is 0 Å². The zero-order valence-corrected chi connectivity index (χ0v) is 9.69. The van der Waals surface area contributed by atoms with Crippen LogP contribution in [0.4, 0.5) is 0 Å². The van der Waals surface area contributed by atoms with E-state index in [2.05, 4.69) is 10.3 Å². The Hall–Kier alpha value is -1.39. The fourth-order valence-electron chi connectivity index (χ4n) is 1.94. The number of benzene rings is 1. The third-order valence-electron chi connectivity index (χ3n) is 2.67. The predicted octanol–water partition coefficient (Wildman–Crippen LogP) is 1.78. The lowest BCUT2D eigenvalue weighted by molar-refractivity contribution is 0.150. The Balaban J connectivity index is 2.44. The molecule has 0 spiro atoms. The fourth-order valence-corrected chi connectivity index (χ4v) is 1.94. The van der Waals surface area contributed by atoms with E-state index in [9.17, 15) is 5.11 Å². The number of hydrogen-bond donors (Lipinski definition) is 2. The number of aryl methyl sites for hydroxylation is 1. The molecule has 0 amide bonds. The summed E-state index contributed by atoms with van der Waals surface area (Å²) in [7, 11) is 1.83. The Morgan fingerprint density at radius 3 is 2.81 bits per heavy atom. The summed E-state index contributed by atoms with van der Waals surface area (Å²) in [5, 5.41) is 12.7. The molecule has 1 aromatic heterocycles. The van der Waals surface area contributed by atoms with Gasteiger partial charge in [-0.1, -0.05) is 6.07 Å². The van der Waals surface area contributed by atoms with Crippen molar-refractivity contribution in [2.24, 2.45) is 0 Å². The molecule has 2 unspecified atom stereocenters. The van der Waals surface area contributed by atoms with E-state index in [-0.39, 0.29) is 6.04 Å². The molecule has 0 fully saturated rings. The van der Waals surface area contributed by atoms with E-state index in [1.54, 1.807) is 6.92 Å².